The largest absolute Gasteiger partial charge is 0.466 e. The number of hydrogen-bond donors (Lipinski definition) is 3. The van der Waals surface area contributed by atoms with Crippen molar-refractivity contribution in [1.82, 2.24) is 10.9 Å². The van der Waals surface area contributed by atoms with Gasteiger partial charge in [0.25, 0.3) is 0 Å². The van der Waals surface area contributed by atoms with Crippen molar-refractivity contribution >= 4 is 29.4 Å². The van der Waals surface area contributed by atoms with E-state index >= 15 is 0 Å². The minimum Gasteiger partial charge on any atom is -0.466 e. The monoisotopic (exact) mass is 363 g/mol. The molecule has 0 atom stereocenters. The zero-order chi connectivity index (χ0) is 19.5. The summed E-state index contributed by atoms with van der Waals surface area (Å²) >= 11 is 0. The first kappa shape index (κ1) is 21.1. The molecule has 8 heteroatoms. The number of esters is 1. The number of carbonyl (C=O) groups excluding carboxylic acids is 4. The van der Waals surface area contributed by atoms with Gasteiger partial charge >= 0.3 is 5.97 Å². The number of aryl methyl sites for hydroxylation is 2. The van der Waals surface area contributed by atoms with E-state index in [1.807, 2.05) is 32.0 Å². The summed E-state index contributed by atoms with van der Waals surface area (Å²) in [5.41, 5.74) is 7.14. The van der Waals surface area contributed by atoms with Crippen molar-refractivity contribution < 1.29 is 23.9 Å². The van der Waals surface area contributed by atoms with Crippen LogP contribution >= 0.6 is 0 Å². The number of hydrogen-bond acceptors (Lipinski definition) is 5. The van der Waals surface area contributed by atoms with E-state index in [0.717, 1.165) is 11.1 Å². The van der Waals surface area contributed by atoms with Crippen LogP contribution in [-0.2, 0) is 23.9 Å². The molecule has 0 unspecified atom stereocenters. The molecule has 3 amide bonds. The number of amides is 3. The van der Waals surface area contributed by atoms with Gasteiger partial charge in [0, 0.05) is 24.9 Å². The third-order valence-corrected chi connectivity index (χ3v) is 3.44. The fourth-order valence-corrected chi connectivity index (χ4v) is 2.11. The Morgan fingerprint density at radius 3 is 2.04 bits per heavy atom. The van der Waals surface area contributed by atoms with Gasteiger partial charge in [-0.15, -0.1) is 0 Å². The van der Waals surface area contributed by atoms with Crippen molar-refractivity contribution in [3.05, 3.63) is 29.3 Å². The standard InChI is InChI=1S/C18H25N3O5/c1-4-26-18(25)10-9-17(24)21-20-16(23)8-7-15(22)19-14-6-5-12(2)11-13(14)3/h5-6,11H,4,7-10H2,1-3H3,(H,19,22)(H,20,23)(H,21,24). The SMILES string of the molecule is CCOC(=O)CCC(=O)NNC(=O)CCC(=O)Nc1ccc(C)cc1C. The number of nitrogens with one attached hydrogen (secondary N) is 3. The second kappa shape index (κ2) is 10.9. The molecule has 1 rings (SSSR count). The van der Waals surface area contributed by atoms with Crippen molar-refractivity contribution in [1.29, 1.82) is 0 Å². The normalized spacial score (nSPS) is 9.96. The second-order valence-electron chi connectivity index (χ2n) is 5.77. The first-order valence-corrected chi connectivity index (χ1v) is 8.42. The average molecular weight is 363 g/mol. The topological polar surface area (TPSA) is 114 Å². The van der Waals surface area contributed by atoms with Gasteiger partial charge in [0.05, 0.1) is 13.0 Å². The predicted molar refractivity (Wildman–Crippen MR) is 95.9 cm³/mol. The molecule has 1 aromatic rings. The second-order valence-corrected chi connectivity index (χ2v) is 5.77. The molecule has 0 saturated carbocycles. The molecule has 0 saturated heterocycles. The van der Waals surface area contributed by atoms with E-state index in [9.17, 15) is 19.2 Å². The maximum atomic E-state index is 11.9. The van der Waals surface area contributed by atoms with Gasteiger partial charge in [0.2, 0.25) is 17.7 Å². The molecule has 0 aliphatic heterocycles. The number of benzene rings is 1. The molecule has 0 aliphatic rings. The summed E-state index contributed by atoms with van der Waals surface area (Å²) in [6.45, 7) is 5.78. The molecule has 3 N–H and O–H groups in total. The lowest BCUT2D eigenvalue weighted by Crippen LogP contribution is -2.41. The van der Waals surface area contributed by atoms with Crippen LogP contribution < -0.4 is 16.2 Å². The lowest BCUT2D eigenvalue weighted by Gasteiger charge is -2.10. The highest BCUT2D eigenvalue weighted by Gasteiger charge is 2.11. The van der Waals surface area contributed by atoms with Crippen molar-refractivity contribution in [2.75, 3.05) is 11.9 Å². The zero-order valence-corrected chi connectivity index (χ0v) is 15.3. The van der Waals surface area contributed by atoms with Crippen LogP contribution in [0, 0.1) is 13.8 Å². The van der Waals surface area contributed by atoms with Gasteiger partial charge in [0.1, 0.15) is 0 Å². The molecule has 26 heavy (non-hydrogen) atoms. The van der Waals surface area contributed by atoms with Crippen LogP contribution in [0.5, 0.6) is 0 Å². The Balaban J connectivity index is 2.25. The van der Waals surface area contributed by atoms with Gasteiger partial charge in [-0.2, -0.15) is 0 Å². The molecule has 0 bridgehead atoms. The Labute approximate surface area is 152 Å². The molecule has 0 aromatic heterocycles. The Bertz CT molecular complexity index is 673. The summed E-state index contributed by atoms with van der Waals surface area (Å²) in [7, 11) is 0. The quantitative estimate of drug-likeness (QED) is 0.479. The van der Waals surface area contributed by atoms with Crippen LogP contribution in [0.3, 0.4) is 0 Å². The molecular formula is C18H25N3O5. The van der Waals surface area contributed by atoms with Gasteiger partial charge < -0.3 is 10.1 Å². The molecular weight excluding hydrogens is 338 g/mol. The molecule has 1 aromatic carbocycles. The maximum Gasteiger partial charge on any atom is 0.306 e. The van der Waals surface area contributed by atoms with E-state index in [1.165, 1.54) is 0 Å². The van der Waals surface area contributed by atoms with E-state index in [-0.39, 0.29) is 38.2 Å². The van der Waals surface area contributed by atoms with Crippen LogP contribution in [0.25, 0.3) is 0 Å². The van der Waals surface area contributed by atoms with Crippen LogP contribution in [0.4, 0.5) is 5.69 Å². The molecule has 0 heterocycles. The molecule has 8 nitrogen and oxygen atoms in total. The highest BCUT2D eigenvalue weighted by molar-refractivity contribution is 5.94. The molecule has 0 radical (unpaired) electrons. The summed E-state index contributed by atoms with van der Waals surface area (Å²) < 4.78 is 4.70. The van der Waals surface area contributed by atoms with Gasteiger partial charge in [0.15, 0.2) is 0 Å². The van der Waals surface area contributed by atoms with Gasteiger partial charge in [-0.25, -0.2) is 0 Å². The number of ether oxygens (including phenoxy) is 1. The summed E-state index contributed by atoms with van der Waals surface area (Å²) in [4.78, 5) is 46.2. The highest BCUT2D eigenvalue weighted by Crippen LogP contribution is 2.16. The Hall–Kier alpha value is -2.90. The third-order valence-electron chi connectivity index (χ3n) is 3.44. The van der Waals surface area contributed by atoms with Crippen LogP contribution in [0.15, 0.2) is 18.2 Å². The Morgan fingerprint density at radius 2 is 1.46 bits per heavy atom. The fourth-order valence-electron chi connectivity index (χ4n) is 2.11. The van der Waals surface area contributed by atoms with Crippen LogP contribution in [0.1, 0.15) is 43.7 Å². The van der Waals surface area contributed by atoms with E-state index < -0.39 is 17.8 Å². The number of carbonyl (C=O) groups is 4. The summed E-state index contributed by atoms with van der Waals surface area (Å²) in [6.07, 6.45) is -0.243. The van der Waals surface area contributed by atoms with E-state index in [0.29, 0.717) is 5.69 Å². The van der Waals surface area contributed by atoms with Crippen molar-refractivity contribution in [2.24, 2.45) is 0 Å². The van der Waals surface area contributed by atoms with Gasteiger partial charge in [-0.3, -0.25) is 30.0 Å². The number of anilines is 1. The average Bonchev–Trinajstić information content (AvgIpc) is 2.59. The third kappa shape index (κ3) is 8.27. The highest BCUT2D eigenvalue weighted by atomic mass is 16.5. The summed E-state index contributed by atoms with van der Waals surface area (Å²) in [5, 5.41) is 2.74. The minimum absolute atomic E-state index is 0.0160. The minimum atomic E-state index is -0.508. The molecule has 0 fully saturated rings. The first-order valence-electron chi connectivity index (χ1n) is 8.42. The van der Waals surface area contributed by atoms with Crippen molar-refractivity contribution in [3.8, 4) is 0 Å². The van der Waals surface area contributed by atoms with Crippen LogP contribution in [-0.4, -0.2) is 30.3 Å². The lowest BCUT2D eigenvalue weighted by molar-refractivity contribution is -0.144. The number of rotatable bonds is 8. The zero-order valence-electron chi connectivity index (χ0n) is 15.3. The smallest absolute Gasteiger partial charge is 0.306 e. The number of hydrazine groups is 1. The van der Waals surface area contributed by atoms with Gasteiger partial charge in [-0.1, -0.05) is 17.7 Å². The summed E-state index contributed by atoms with van der Waals surface area (Å²) in [6, 6.07) is 5.65. The van der Waals surface area contributed by atoms with E-state index in [4.69, 9.17) is 4.74 Å². The molecule has 0 aliphatic carbocycles. The maximum absolute atomic E-state index is 11.9. The van der Waals surface area contributed by atoms with Crippen LogP contribution in [0.2, 0.25) is 0 Å². The molecule has 142 valence electrons. The fraction of sp³-hybridized carbons (Fsp3) is 0.444. The molecule has 0 spiro atoms. The lowest BCUT2D eigenvalue weighted by atomic mass is 10.1. The van der Waals surface area contributed by atoms with Crippen molar-refractivity contribution in [3.63, 3.8) is 0 Å². The van der Waals surface area contributed by atoms with Crippen molar-refractivity contribution in [2.45, 2.75) is 46.5 Å². The van der Waals surface area contributed by atoms with E-state index in [2.05, 4.69) is 16.2 Å². The Kier molecular flexibility index (Phi) is 8.83. The predicted octanol–water partition coefficient (Wildman–Crippen LogP) is 1.51. The van der Waals surface area contributed by atoms with Gasteiger partial charge in [-0.05, 0) is 32.4 Å². The Morgan fingerprint density at radius 1 is 0.885 bits per heavy atom. The van der Waals surface area contributed by atoms with E-state index in [1.54, 1.807) is 6.92 Å². The first-order chi connectivity index (χ1) is 12.3. The summed E-state index contributed by atoms with van der Waals surface area (Å²) in [5.74, 6) is -1.77.